The maximum absolute atomic E-state index is 13.2. The molecule has 1 aliphatic rings. The van der Waals surface area contributed by atoms with Crippen LogP contribution >= 0.6 is 0 Å². The minimum Gasteiger partial charge on any atom is -0.453 e. The highest BCUT2D eigenvalue weighted by Gasteiger charge is 2.49. The average molecular weight is 479 g/mol. The van der Waals surface area contributed by atoms with Crippen LogP contribution < -0.4 is 26.7 Å². The van der Waals surface area contributed by atoms with Crippen LogP contribution in [-0.4, -0.2) is 53.6 Å². The van der Waals surface area contributed by atoms with Crippen LogP contribution in [0.25, 0.3) is 11.0 Å². The maximum atomic E-state index is 13.2. The van der Waals surface area contributed by atoms with Gasteiger partial charge in [-0.05, 0) is 30.7 Å². The van der Waals surface area contributed by atoms with Crippen LogP contribution in [0.2, 0.25) is 0 Å². The summed E-state index contributed by atoms with van der Waals surface area (Å²) in [5.41, 5.74) is 1.34. The van der Waals surface area contributed by atoms with Gasteiger partial charge in [0.05, 0.1) is 28.9 Å². The molecule has 4 N–H and O–H groups in total. The molecule has 0 radical (unpaired) electrons. The third kappa shape index (κ3) is 5.21. The van der Waals surface area contributed by atoms with Crippen molar-refractivity contribution in [3.8, 4) is 0 Å². The van der Waals surface area contributed by atoms with E-state index in [9.17, 15) is 14.4 Å². The fraction of sp³-hybridized carbons (Fsp3) is 0.304. The van der Waals surface area contributed by atoms with Crippen LogP contribution in [0.4, 0.5) is 15.5 Å². The van der Waals surface area contributed by atoms with Crippen molar-refractivity contribution < 1.29 is 23.9 Å². The Labute approximate surface area is 199 Å². The number of rotatable bonds is 8. The highest BCUT2D eigenvalue weighted by atomic mass is 16.6. The molecule has 2 heterocycles. The van der Waals surface area contributed by atoms with Gasteiger partial charge in [0.2, 0.25) is 12.1 Å². The number of aromatic nitrogens is 2. The smallest absolute Gasteiger partial charge is 0.415 e. The number of nitrogens with one attached hydrogen (secondary N) is 4. The SMILES string of the molecule is CCCCNC(=O)C(OC(=O)Nc1nc2ccccc2[nH]1)C1(NC(=O)OC)N=c2ccccc2=N1. The van der Waals surface area contributed by atoms with E-state index in [0.717, 1.165) is 13.5 Å². The fourth-order valence-corrected chi connectivity index (χ4v) is 3.53. The number of hydrogen-bond donors (Lipinski definition) is 4. The lowest BCUT2D eigenvalue weighted by Gasteiger charge is -2.30. The summed E-state index contributed by atoms with van der Waals surface area (Å²) in [5.74, 6) is -2.53. The molecule has 4 rings (SSSR count). The number of ether oxygens (including phenoxy) is 2. The molecule has 12 nitrogen and oxygen atoms in total. The van der Waals surface area contributed by atoms with Crippen molar-refractivity contribution in [2.45, 2.75) is 31.7 Å². The molecule has 0 fully saturated rings. The second-order valence-corrected chi connectivity index (χ2v) is 7.71. The normalized spacial score (nSPS) is 14.1. The first-order valence-corrected chi connectivity index (χ1v) is 11.0. The van der Waals surface area contributed by atoms with E-state index in [1.165, 1.54) is 0 Å². The second-order valence-electron chi connectivity index (χ2n) is 7.71. The molecule has 0 bridgehead atoms. The summed E-state index contributed by atoms with van der Waals surface area (Å²) in [6, 6.07) is 14.0. The van der Waals surface area contributed by atoms with Crippen molar-refractivity contribution in [2.75, 3.05) is 19.0 Å². The zero-order chi connectivity index (χ0) is 24.8. The van der Waals surface area contributed by atoms with Crippen molar-refractivity contribution in [2.24, 2.45) is 9.98 Å². The third-order valence-electron chi connectivity index (χ3n) is 5.20. The average Bonchev–Trinajstić information content (AvgIpc) is 3.43. The zero-order valence-electron chi connectivity index (χ0n) is 19.2. The molecule has 1 aromatic heterocycles. The van der Waals surface area contributed by atoms with Crippen molar-refractivity contribution >= 4 is 35.1 Å². The number of carbonyl (C=O) groups excluding carboxylic acids is 3. The predicted octanol–water partition coefficient (Wildman–Crippen LogP) is 1.36. The van der Waals surface area contributed by atoms with E-state index in [0.29, 0.717) is 34.7 Å². The Balaban J connectivity index is 1.66. The third-order valence-corrected chi connectivity index (χ3v) is 5.20. The van der Waals surface area contributed by atoms with Crippen molar-refractivity contribution in [1.82, 2.24) is 20.6 Å². The Morgan fingerprint density at radius 2 is 1.71 bits per heavy atom. The molecule has 0 spiro atoms. The Hall–Kier alpha value is -4.48. The number of anilines is 1. The Bertz CT molecular complexity index is 1300. The number of carbonyl (C=O) groups is 3. The number of imidazole rings is 1. The van der Waals surface area contributed by atoms with Crippen molar-refractivity contribution in [3.63, 3.8) is 0 Å². The Morgan fingerprint density at radius 1 is 1.03 bits per heavy atom. The zero-order valence-corrected chi connectivity index (χ0v) is 19.2. The highest BCUT2D eigenvalue weighted by molar-refractivity contribution is 5.90. The second kappa shape index (κ2) is 10.2. The minimum atomic E-state index is -1.97. The first-order valence-electron chi connectivity index (χ1n) is 11.0. The molecule has 0 saturated heterocycles. The number of nitrogens with zero attached hydrogens (tertiary/aromatic N) is 3. The number of para-hydroxylation sites is 4. The molecule has 3 amide bonds. The number of benzene rings is 2. The number of amides is 3. The fourth-order valence-electron chi connectivity index (χ4n) is 3.53. The number of aromatic amines is 1. The molecule has 12 heteroatoms. The lowest BCUT2D eigenvalue weighted by molar-refractivity contribution is -0.133. The van der Waals surface area contributed by atoms with Gasteiger partial charge in [-0.2, -0.15) is 0 Å². The topological polar surface area (TPSA) is 159 Å². The van der Waals surface area contributed by atoms with Gasteiger partial charge in [-0.25, -0.2) is 24.6 Å². The Kier molecular flexibility index (Phi) is 6.90. The van der Waals surface area contributed by atoms with E-state index in [1.54, 1.807) is 36.4 Å². The summed E-state index contributed by atoms with van der Waals surface area (Å²) in [5, 5.41) is 8.49. The van der Waals surface area contributed by atoms with E-state index in [4.69, 9.17) is 9.47 Å². The molecule has 2 aromatic carbocycles. The summed E-state index contributed by atoms with van der Waals surface area (Å²) < 4.78 is 10.3. The molecule has 1 atom stereocenters. The van der Waals surface area contributed by atoms with Gasteiger partial charge in [0.25, 0.3) is 11.7 Å². The van der Waals surface area contributed by atoms with E-state index < -0.39 is 30.0 Å². The van der Waals surface area contributed by atoms with Gasteiger partial charge >= 0.3 is 12.2 Å². The number of hydrogen-bond acceptors (Lipinski definition) is 8. The van der Waals surface area contributed by atoms with Crippen LogP contribution in [0.1, 0.15) is 19.8 Å². The number of fused-ring (bicyclic) bond motifs is 2. The van der Waals surface area contributed by atoms with Crippen LogP contribution in [0.3, 0.4) is 0 Å². The summed E-state index contributed by atoms with van der Waals surface area (Å²) >= 11 is 0. The van der Waals surface area contributed by atoms with Crippen molar-refractivity contribution in [1.29, 1.82) is 0 Å². The van der Waals surface area contributed by atoms with E-state index in [-0.39, 0.29) is 5.95 Å². The van der Waals surface area contributed by atoms with Crippen molar-refractivity contribution in [3.05, 3.63) is 59.2 Å². The minimum absolute atomic E-state index is 0.125. The lowest BCUT2D eigenvalue weighted by Crippen LogP contribution is -2.60. The van der Waals surface area contributed by atoms with Gasteiger partial charge < -0.3 is 19.8 Å². The number of unbranched alkanes of at least 4 members (excludes halogenated alkanes) is 1. The monoisotopic (exact) mass is 479 g/mol. The molecule has 35 heavy (non-hydrogen) atoms. The predicted molar refractivity (Wildman–Crippen MR) is 125 cm³/mol. The van der Waals surface area contributed by atoms with Gasteiger partial charge in [0, 0.05) is 6.54 Å². The van der Waals surface area contributed by atoms with Gasteiger partial charge in [-0.15, -0.1) is 0 Å². The van der Waals surface area contributed by atoms with Crippen LogP contribution in [0.15, 0.2) is 58.5 Å². The summed E-state index contributed by atoms with van der Waals surface area (Å²) in [6.45, 7) is 2.31. The summed E-state index contributed by atoms with van der Waals surface area (Å²) in [6.07, 6.45) is -2.01. The van der Waals surface area contributed by atoms with Gasteiger partial charge in [-0.1, -0.05) is 37.6 Å². The molecule has 0 saturated carbocycles. The highest BCUT2D eigenvalue weighted by Crippen LogP contribution is 2.21. The van der Waals surface area contributed by atoms with Crippen LogP contribution in [0, 0.1) is 0 Å². The van der Waals surface area contributed by atoms with Gasteiger partial charge in [0.15, 0.2) is 0 Å². The summed E-state index contributed by atoms with van der Waals surface area (Å²) in [7, 11) is 1.16. The summed E-state index contributed by atoms with van der Waals surface area (Å²) in [4.78, 5) is 54.4. The van der Waals surface area contributed by atoms with E-state index in [1.807, 2.05) is 19.1 Å². The maximum Gasteiger partial charge on any atom is 0.415 e. The molecular formula is C23H25N7O5. The quantitative estimate of drug-likeness (QED) is 0.357. The standard InChI is InChI=1S/C23H25N7O5/c1-3-4-13-24-19(31)18(35-21(32)27-20-25-14-9-5-6-10-15(14)26-20)23(30-22(33)34-2)28-16-11-7-8-12-17(16)29-23/h5-12,18H,3-4,13H2,1-2H3,(H,24,31)(H,30,33)(H2,25,26,27,32). The molecular weight excluding hydrogens is 454 g/mol. The molecule has 3 aromatic rings. The van der Waals surface area contributed by atoms with E-state index >= 15 is 0 Å². The van der Waals surface area contributed by atoms with Crippen LogP contribution in [-0.2, 0) is 14.3 Å². The van der Waals surface area contributed by atoms with Crippen LogP contribution in [0.5, 0.6) is 0 Å². The first-order chi connectivity index (χ1) is 16.9. The van der Waals surface area contributed by atoms with Gasteiger partial charge in [-0.3, -0.25) is 15.4 Å². The number of alkyl carbamates (subject to hydrolysis) is 1. The number of methoxy groups -OCH3 is 1. The first kappa shape index (κ1) is 23.7. The number of H-pyrrole nitrogens is 1. The largest absolute Gasteiger partial charge is 0.453 e. The molecule has 1 aliphatic heterocycles. The lowest BCUT2D eigenvalue weighted by atomic mass is 10.1. The molecule has 1 unspecified atom stereocenters. The molecule has 0 aliphatic carbocycles. The Morgan fingerprint density at radius 3 is 2.37 bits per heavy atom. The van der Waals surface area contributed by atoms with Gasteiger partial charge in [0.1, 0.15) is 0 Å². The molecule has 182 valence electrons. The van der Waals surface area contributed by atoms with E-state index in [2.05, 4.69) is 35.9 Å².